The Hall–Kier alpha value is -0.820. The molecule has 112 valence electrons. The second kappa shape index (κ2) is 7.69. The Kier molecular flexibility index (Phi) is 6.57. The van der Waals surface area contributed by atoms with Crippen LogP contribution in [0.3, 0.4) is 0 Å². The monoisotopic (exact) mass is 282 g/mol. The average molecular weight is 282 g/mol. The minimum atomic E-state index is -4.36. The van der Waals surface area contributed by atoms with Gasteiger partial charge in [0.2, 0.25) is 5.91 Å². The topological polar surface area (TPSA) is 41.6 Å². The number of halogens is 3. The third kappa shape index (κ3) is 6.24. The second-order valence-corrected chi connectivity index (χ2v) is 4.57. The smallest absolute Gasteiger partial charge is 0.382 e. The van der Waals surface area contributed by atoms with E-state index in [1.165, 1.54) is 0 Å². The van der Waals surface area contributed by atoms with E-state index in [1.54, 1.807) is 0 Å². The van der Waals surface area contributed by atoms with Crippen LogP contribution in [0, 0.1) is 0 Å². The fourth-order valence-corrected chi connectivity index (χ4v) is 2.10. The summed E-state index contributed by atoms with van der Waals surface area (Å²) in [7, 11) is 0. The van der Waals surface area contributed by atoms with E-state index in [2.05, 4.69) is 5.32 Å². The van der Waals surface area contributed by atoms with E-state index in [1.807, 2.05) is 6.92 Å². The van der Waals surface area contributed by atoms with E-state index in [4.69, 9.17) is 4.74 Å². The summed E-state index contributed by atoms with van der Waals surface area (Å²) in [4.78, 5) is 12.9. The molecule has 0 unspecified atom stereocenters. The van der Waals surface area contributed by atoms with Gasteiger partial charge in [-0.2, -0.15) is 13.2 Å². The molecule has 1 N–H and O–H groups in total. The zero-order valence-corrected chi connectivity index (χ0v) is 11.1. The van der Waals surface area contributed by atoms with Gasteiger partial charge in [0.1, 0.15) is 6.54 Å². The maximum absolute atomic E-state index is 12.5. The molecule has 1 saturated heterocycles. The van der Waals surface area contributed by atoms with E-state index in [0.717, 1.165) is 11.3 Å². The van der Waals surface area contributed by atoms with Crippen molar-refractivity contribution in [1.82, 2.24) is 10.2 Å². The van der Waals surface area contributed by atoms with Crippen LogP contribution in [0.4, 0.5) is 13.2 Å². The van der Waals surface area contributed by atoms with E-state index in [0.29, 0.717) is 32.6 Å². The molecule has 7 heteroatoms. The number of alkyl halides is 3. The van der Waals surface area contributed by atoms with Gasteiger partial charge >= 0.3 is 6.18 Å². The fraction of sp³-hybridized carbons (Fsp3) is 0.917. The van der Waals surface area contributed by atoms with Crippen molar-refractivity contribution in [3.05, 3.63) is 0 Å². The van der Waals surface area contributed by atoms with Gasteiger partial charge in [0, 0.05) is 19.8 Å². The van der Waals surface area contributed by atoms with Gasteiger partial charge in [-0.1, -0.05) is 0 Å². The Morgan fingerprint density at radius 2 is 2.21 bits per heavy atom. The van der Waals surface area contributed by atoms with E-state index < -0.39 is 24.7 Å². The lowest BCUT2D eigenvalue weighted by molar-refractivity contribution is -0.162. The van der Waals surface area contributed by atoms with Crippen molar-refractivity contribution in [3.8, 4) is 0 Å². The molecule has 0 aromatic rings. The summed E-state index contributed by atoms with van der Waals surface area (Å²) in [5, 5.41) is 2.93. The SMILES string of the molecule is CCOCCCN(CC(F)(F)F)C(=O)[C@@H]1CCCN1. The quantitative estimate of drug-likeness (QED) is 0.720. The lowest BCUT2D eigenvalue weighted by atomic mass is 10.2. The zero-order valence-electron chi connectivity index (χ0n) is 11.1. The number of carbonyl (C=O) groups is 1. The first-order valence-electron chi connectivity index (χ1n) is 6.60. The van der Waals surface area contributed by atoms with Crippen molar-refractivity contribution in [2.75, 3.05) is 32.8 Å². The van der Waals surface area contributed by atoms with Gasteiger partial charge in [0.05, 0.1) is 6.04 Å². The minimum Gasteiger partial charge on any atom is -0.382 e. The lowest BCUT2D eigenvalue weighted by Crippen LogP contribution is -2.47. The van der Waals surface area contributed by atoms with E-state index in [9.17, 15) is 18.0 Å². The van der Waals surface area contributed by atoms with Crippen molar-refractivity contribution in [2.45, 2.75) is 38.4 Å². The molecule has 0 aromatic heterocycles. The number of nitrogens with one attached hydrogen (secondary N) is 1. The highest BCUT2D eigenvalue weighted by atomic mass is 19.4. The average Bonchev–Trinajstić information content (AvgIpc) is 2.84. The van der Waals surface area contributed by atoms with Gasteiger partial charge in [-0.15, -0.1) is 0 Å². The van der Waals surface area contributed by atoms with Crippen LogP contribution in [0.15, 0.2) is 0 Å². The molecule has 4 nitrogen and oxygen atoms in total. The minimum absolute atomic E-state index is 0.0799. The molecule has 19 heavy (non-hydrogen) atoms. The molecular weight excluding hydrogens is 261 g/mol. The molecule has 0 bridgehead atoms. The van der Waals surface area contributed by atoms with Gasteiger partial charge in [-0.05, 0) is 32.7 Å². The van der Waals surface area contributed by atoms with Crippen molar-refractivity contribution in [3.63, 3.8) is 0 Å². The molecule has 1 heterocycles. The number of hydrogen-bond donors (Lipinski definition) is 1. The largest absolute Gasteiger partial charge is 0.406 e. The molecule has 1 atom stereocenters. The van der Waals surface area contributed by atoms with Crippen LogP contribution in [-0.2, 0) is 9.53 Å². The highest BCUT2D eigenvalue weighted by molar-refractivity contribution is 5.82. The Bertz CT molecular complexity index is 279. The molecule has 1 aliphatic rings. The third-order valence-electron chi connectivity index (χ3n) is 2.96. The molecule has 1 fully saturated rings. The van der Waals surface area contributed by atoms with Gasteiger partial charge in [-0.3, -0.25) is 4.79 Å². The highest BCUT2D eigenvalue weighted by Crippen LogP contribution is 2.18. The summed E-state index contributed by atoms with van der Waals surface area (Å²) in [6.07, 6.45) is -2.50. The summed E-state index contributed by atoms with van der Waals surface area (Å²) in [5.74, 6) is -0.452. The predicted octanol–water partition coefficient (Wildman–Crippen LogP) is 1.56. The number of carbonyl (C=O) groups excluding carboxylic acids is 1. The normalized spacial score (nSPS) is 19.7. The van der Waals surface area contributed by atoms with Crippen molar-refractivity contribution >= 4 is 5.91 Å². The summed E-state index contributed by atoms with van der Waals surface area (Å²) in [5.41, 5.74) is 0. The Morgan fingerprint density at radius 1 is 1.47 bits per heavy atom. The zero-order chi connectivity index (χ0) is 14.3. The van der Waals surface area contributed by atoms with Crippen molar-refractivity contribution in [1.29, 1.82) is 0 Å². The lowest BCUT2D eigenvalue weighted by Gasteiger charge is -2.26. The maximum atomic E-state index is 12.5. The molecule has 1 aliphatic heterocycles. The number of hydrogen-bond acceptors (Lipinski definition) is 3. The Labute approximate surface area is 111 Å². The van der Waals surface area contributed by atoms with Crippen LogP contribution < -0.4 is 5.32 Å². The number of rotatable bonds is 7. The van der Waals surface area contributed by atoms with Crippen molar-refractivity contribution < 1.29 is 22.7 Å². The summed E-state index contributed by atoms with van der Waals surface area (Å²) < 4.78 is 42.5. The molecule has 1 amide bonds. The first-order chi connectivity index (χ1) is 8.94. The number of ether oxygens (including phenoxy) is 1. The third-order valence-corrected chi connectivity index (χ3v) is 2.96. The van der Waals surface area contributed by atoms with Crippen molar-refractivity contribution in [2.24, 2.45) is 0 Å². The van der Waals surface area contributed by atoms with Gasteiger partial charge in [0.15, 0.2) is 0 Å². The van der Waals surface area contributed by atoms with Crippen LogP contribution in [0.25, 0.3) is 0 Å². The maximum Gasteiger partial charge on any atom is 0.406 e. The molecule has 0 aromatic carbocycles. The molecule has 0 radical (unpaired) electrons. The predicted molar refractivity (Wildman–Crippen MR) is 64.8 cm³/mol. The van der Waals surface area contributed by atoms with Crippen LogP contribution in [0.5, 0.6) is 0 Å². The molecule has 0 aliphatic carbocycles. The second-order valence-electron chi connectivity index (χ2n) is 4.57. The number of nitrogens with zero attached hydrogens (tertiary/aromatic N) is 1. The first kappa shape index (κ1) is 16.2. The van der Waals surface area contributed by atoms with E-state index in [-0.39, 0.29) is 6.54 Å². The highest BCUT2D eigenvalue weighted by Gasteiger charge is 2.35. The standard InChI is InChI=1S/C12H21F3N2O2/c1-2-19-8-4-7-17(9-12(13,14)15)11(18)10-5-3-6-16-10/h10,16H,2-9H2,1H3/t10-/m0/s1. The van der Waals surface area contributed by atoms with Gasteiger partial charge in [-0.25, -0.2) is 0 Å². The Morgan fingerprint density at radius 3 is 2.74 bits per heavy atom. The molecule has 0 saturated carbocycles. The van der Waals surface area contributed by atoms with E-state index >= 15 is 0 Å². The Balaban J connectivity index is 2.49. The van der Waals surface area contributed by atoms with Crippen LogP contribution >= 0.6 is 0 Å². The summed E-state index contributed by atoms with van der Waals surface area (Å²) in [6, 6.07) is -0.463. The van der Waals surface area contributed by atoms with Gasteiger partial charge in [0.25, 0.3) is 0 Å². The fourth-order valence-electron chi connectivity index (χ4n) is 2.10. The summed E-state index contributed by atoms with van der Waals surface area (Å²) >= 11 is 0. The molecule has 1 rings (SSSR count). The van der Waals surface area contributed by atoms with Crippen LogP contribution in [0.2, 0.25) is 0 Å². The van der Waals surface area contributed by atoms with Crippen LogP contribution in [-0.4, -0.2) is 55.9 Å². The molecule has 0 spiro atoms. The van der Waals surface area contributed by atoms with Gasteiger partial charge < -0.3 is 15.0 Å². The summed E-state index contributed by atoms with van der Waals surface area (Å²) in [6.45, 7) is 2.30. The molecular formula is C12H21F3N2O2. The first-order valence-corrected chi connectivity index (χ1v) is 6.60. The number of amides is 1. The van der Waals surface area contributed by atoms with Crippen LogP contribution in [0.1, 0.15) is 26.2 Å².